The molecule has 0 atom stereocenters. The second kappa shape index (κ2) is 7.88. The predicted octanol–water partition coefficient (Wildman–Crippen LogP) is 3.68. The van der Waals surface area contributed by atoms with Crippen LogP contribution >= 0.6 is 22.9 Å². The van der Waals surface area contributed by atoms with Crippen LogP contribution in [0.3, 0.4) is 0 Å². The number of nitrogens with one attached hydrogen (secondary N) is 1. The quantitative estimate of drug-likeness (QED) is 0.632. The molecule has 0 unspecified atom stereocenters. The highest BCUT2D eigenvalue weighted by molar-refractivity contribution is 7.89. The largest absolute Gasteiger partial charge is 0.495 e. The molecule has 0 saturated heterocycles. The zero-order chi connectivity index (χ0) is 20.5. The molecule has 3 aromatic rings. The Balaban J connectivity index is 1.90. The van der Waals surface area contributed by atoms with Crippen LogP contribution in [0.4, 0.5) is 5.69 Å². The fraction of sp³-hybridized carbons (Fsp3) is 0.111. The van der Waals surface area contributed by atoms with Gasteiger partial charge in [-0.3, -0.25) is 4.79 Å². The number of aryl methyl sites for hydroxylation is 1. The van der Waals surface area contributed by atoms with Gasteiger partial charge in [0.25, 0.3) is 5.91 Å². The average Bonchev–Trinajstić information content (AvgIpc) is 3.03. The number of aromatic nitrogens is 1. The smallest absolute Gasteiger partial charge is 0.267 e. The number of hydrogen-bond donors (Lipinski definition) is 2. The Kier molecular flexibility index (Phi) is 5.71. The van der Waals surface area contributed by atoms with Gasteiger partial charge in [0.2, 0.25) is 10.0 Å². The second-order valence-electron chi connectivity index (χ2n) is 5.81. The van der Waals surface area contributed by atoms with Crippen LogP contribution < -0.4 is 15.2 Å². The van der Waals surface area contributed by atoms with Crippen molar-refractivity contribution in [2.24, 2.45) is 5.14 Å². The van der Waals surface area contributed by atoms with Crippen molar-refractivity contribution in [3.8, 4) is 16.3 Å². The Morgan fingerprint density at radius 3 is 2.64 bits per heavy atom. The maximum atomic E-state index is 12.7. The minimum absolute atomic E-state index is 0.0951. The zero-order valence-electron chi connectivity index (χ0n) is 14.9. The first-order valence-electron chi connectivity index (χ1n) is 7.94. The number of carbonyl (C=O) groups excluding carboxylic acids is 1. The molecule has 3 rings (SSSR count). The highest BCUT2D eigenvalue weighted by Gasteiger charge is 2.19. The van der Waals surface area contributed by atoms with E-state index in [-0.39, 0.29) is 16.3 Å². The first-order valence-corrected chi connectivity index (χ1v) is 10.7. The van der Waals surface area contributed by atoms with E-state index in [4.69, 9.17) is 21.5 Å². The van der Waals surface area contributed by atoms with Gasteiger partial charge in [-0.2, -0.15) is 0 Å². The van der Waals surface area contributed by atoms with Gasteiger partial charge in [-0.05, 0) is 37.3 Å². The Hall–Kier alpha value is -2.46. The lowest BCUT2D eigenvalue weighted by Gasteiger charge is -2.10. The lowest BCUT2D eigenvalue weighted by atomic mass is 10.2. The van der Waals surface area contributed by atoms with Gasteiger partial charge < -0.3 is 10.1 Å². The molecule has 2 aromatic carbocycles. The number of halogens is 1. The van der Waals surface area contributed by atoms with E-state index in [9.17, 15) is 13.2 Å². The van der Waals surface area contributed by atoms with E-state index >= 15 is 0 Å². The van der Waals surface area contributed by atoms with Crippen molar-refractivity contribution in [1.29, 1.82) is 0 Å². The number of nitrogens with zero attached hydrogens (tertiary/aromatic N) is 1. The van der Waals surface area contributed by atoms with Gasteiger partial charge in [0.1, 0.15) is 20.5 Å². The van der Waals surface area contributed by atoms with E-state index in [1.54, 1.807) is 25.1 Å². The lowest BCUT2D eigenvalue weighted by Crippen LogP contribution is -2.15. The zero-order valence-corrected chi connectivity index (χ0v) is 17.3. The van der Waals surface area contributed by atoms with Crippen LogP contribution in [-0.4, -0.2) is 26.4 Å². The maximum Gasteiger partial charge on any atom is 0.267 e. The third kappa shape index (κ3) is 4.33. The average molecular weight is 438 g/mol. The van der Waals surface area contributed by atoms with Gasteiger partial charge in [-0.25, -0.2) is 18.5 Å². The first-order chi connectivity index (χ1) is 13.2. The van der Waals surface area contributed by atoms with Crippen LogP contribution in [0.5, 0.6) is 5.75 Å². The second-order valence-corrected chi connectivity index (χ2v) is 8.77. The van der Waals surface area contributed by atoms with Crippen molar-refractivity contribution in [1.82, 2.24) is 4.98 Å². The van der Waals surface area contributed by atoms with E-state index in [1.165, 1.54) is 36.6 Å². The van der Waals surface area contributed by atoms with Crippen molar-refractivity contribution in [2.45, 2.75) is 11.8 Å². The van der Waals surface area contributed by atoms with Gasteiger partial charge in [0.05, 0.1) is 12.8 Å². The normalized spacial score (nSPS) is 11.3. The Labute approximate surface area is 171 Å². The van der Waals surface area contributed by atoms with Crippen molar-refractivity contribution in [3.05, 3.63) is 58.1 Å². The number of anilines is 1. The molecular weight excluding hydrogens is 422 g/mol. The summed E-state index contributed by atoms with van der Waals surface area (Å²) >= 11 is 7.23. The third-order valence-electron chi connectivity index (χ3n) is 3.80. The Bertz CT molecular complexity index is 1160. The number of thiazole rings is 1. The summed E-state index contributed by atoms with van der Waals surface area (Å²) in [4.78, 5) is 17.3. The molecule has 0 aliphatic heterocycles. The molecule has 0 aliphatic carbocycles. The molecule has 3 N–H and O–H groups in total. The molecular formula is C18H16ClN3O4S2. The summed E-state index contributed by atoms with van der Waals surface area (Å²) in [5.74, 6) is -0.313. The number of carbonyl (C=O) groups is 1. The van der Waals surface area contributed by atoms with Crippen molar-refractivity contribution in [2.75, 3.05) is 12.4 Å². The van der Waals surface area contributed by atoms with Crippen molar-refractivity contribution < 1.29 is 17.9 Å². The van der Waals surface area contributed by atoms with E-state index in [0.717, 1.165) is 5.56 Å². The van der Waals surface area contributed by atoms with Crippen LogP contribution in [-0.2, 0) is 10.0 Å². The fourth-order valence-corrected chi connectivity index (χ4v) is 4.39. The summed E-state index contributed by atoms with van der Waals surface area (Å²) in [5.41, 5.74) is 1.63. The van der Waals surface area contributed by atoms with E-state index in [2.05, 4.69) is 10.3 Å². The number of hydrogen-bond acceptors (Lipinski definition) is 6. The van der Waals surface area contributed by atoms with Crippen molar-refractivity contribution in [3.63, 3.8) is 0 Å². The molecule has 1 aromatic heterocycles. The number of primary sulfonamides is 1. The van der Waals surface area contributed by atoms with Gasteiger partial charge in [0.15, 0.2) is 0 Å². The topological polar surface area (TPSA) is 111 Å². The van der Waals surface area contributed by atoms with E-state index in [0.29, 0.717) is 20.6 Å². The van der Waals surface area contributed by atoms with E-state index in [1.807, 2.05) is 6.07 Å². The Morgan fingerprint density at radius 1 is 1.25 bits per heavy atom. The van der Waals surface area contributed by atoms with Gasteiger partial charge in [-0.1, -0.05) is 23.7 Å². The van der Waals surface area contributed by atoms with Gasteiger partial charge in [-0.15, -0.1) is 11.3 Å². The van der Waals surface area contributed by atoms with Crippen LogP contribution in [0.15, 0.2) is 47.4 Å². The Morgan fingerprint density at radius 2 is 2.00 bits per heavy atom. The molecule has 7 nitrogen and oxygen atoms in total. The minimum Gasteiger partial charge on any atom is -0.495 e. The summed E-state index contributed by atoms with van der Waals surface area (Å²) in [7, 11) is -2.68. The number of benzene rings is 2. The number of rotatable bonds is 5. The molecule has 1 amide bonds. The molecule has 0 aliphatic rings. The highest BCUT2D eigenvalue weighted by atomic mass is 35.5. The fourth-order valence-electron chi connectivity index (χ4n) is 2.52. The summed E-state index contributed by atoms with van der Waals surface area (Å²) in [6.07, 6.45) is 0. The molecule has 0 fully saturated rings. The molecule has 1 heterocycles. The van der Waals surface area contributed by atoms with Gasteiger partial charge >= 0.3 is 0 Å². The maximum absolute atomic E-state index is 12.7. The monoisotopic (exact) mass is 437 g/mol. The van der Waals surface area contributed by atoms with Crippen LogP contribution in [0.25, 0.3) is 10.6 Å². The molecule has 0 bridgehead atoms. The van der Waals surface area contributed by atoms with Crippen LogP contribution in [0.2, 0.25) is 5.02 Å². The van der Waals surface area contributed by atoms with Crippen LogP contribution in [0, 0.1) is 6.92 Å². The number of sulfonamides is 1. The lowest BCUT2D eigenvalue weighted by molar-refractivity contribution is 0.102. The number of amides is 1. The third-order valence-corrected chi connectivity index (χ3v) is 6.17. The summed E-state index contributed by atoms with van der Waals surface area (Å²) in [6.45, 7) is 1.73. The highest BCUT2D eigenvalue weighted by Crippen LogP contribution is 2.31. The molecule has 0 spiro atoms. The van der Waals surface area contributed by atoms with E-state index < -0.39 is 15.9 Å². The summed E-state index contributed by atoms with van der Waals surface area (Å²) in [6, 6.07) is 11.4. The van der Waals surface area contributed by atoms with Gasteiger partial charge in [0, 0.05) is 16.3 Å². The predicted molar refractivity (Wildman–Crippen MR) is 110 cm³/mol. The molecule has 10 heteroatoms. The van der Waals surface area contributed by atoms with Crippen LogP contribution in [0.1, 0.15) is 15.4 Å². The standard InChI is InChI=1S/C18H16ClN3O4S2/c1-10-16(27-18(21-10)11-4-3-5-12(19)8-11)17(23)22-13-6-7-14(26-2)15(9-13)28(20,24)25/h3-9H,1-2H3,(H,22,23)(H2,20,24,25). The van der Waals surface area contributed by atoms with Crippen molar-refractivity contribution >= 4 is 44.6 Å². The summed E-state index contributed by atoms with van der Waals surface area (Å²) in [5, 5.41) is 9.11. The summed E-state index contributed by atoms with van der Waals surface area (Å²) < 4.78 is 28.5. The first kappa shape index (κ1) is 20.3. The number of methoxy groups -OCH3 is 1. The molecule has 0 radical (unpaired) electrons. The minimum atomic E-state index is -4.01. The molecule has 28 heavy (non-hydrogen) atoms. The SMILES string of the molecule is COc1ccc(NC(=O)c2sc(-c3cccc(Cl)c3)nc2C)cc1S(N)(=O)=O. The molecule has 0 saturated carbocycles. The number of ether oxygens (including phenoxy) is 1. The number of nitrogens with two attached hydrogens (primary N) is 1. The molecule has 146 valence electrons.